The van der Waals surface area contributed by atoms with Gasteiger partial charge in [-0.15, -0.1) is 0 Å². The number of Topliss-reactive ketones (excluding diaryl/α,β-unsaturated/α-hetero) is 1. The molecule has 0 heterocycles. The lowest BCUT2D eigenvalue weighted by atomic mass is 10.0. The lowest BCUT2D eigenvalue weighted by Gasteiger charge is -2.09. The van der Waals surface area contributed by atoms with Crippen molar-refractivity contribution in [1.82, 2.24) is 0 Å². The standard InChI is InChI=1S/C10H7F3O4/c1-17-5-2-3-6(7(4-5)9(15)16)8(14)10(11,12)13/h2-4H,1H3,(H,15,16). The average molecular weight is 248 g/mol. The summed E-state index contributed by atoms with van der Waals surface area (Å²) in [5.74, 6) is -3.77. The minimum absolute atomic E-state index is 0.0566. The van der Waals surface area contributed by atoms with Crippen molar-refractivity contribution in [2.45, 2.75) is 6.18 Å². The molecule has 0 aliphatic rings. The summed E-state index contributed by atoms with van der Waals surface area (Å²) in [7, 11) is 1.23. The molecule has 1 N–H and O–H groups in total. The Bertz CT molecular complexity index is 465. The van der Waals surface area contributed by atoms with E-state index in [-0.39, 0.29) is 5.75 Å². The Labute approximate surface area is 93.6 Å². The summed E-state index contributed by atoms with van der Waals surface area (Å²) < 4.78 is 41.2. The molecular weight excluding hydrogens is 241 g/mol. The van der Waals surface area contributed by atoms with Gasteiger partial charge in [-0.2, -0.15) is 13.2 Å². The molecular formula is C10H7F3O4. The van der Waals surface area contributed by atoms with Crippen LogP contribution >= 0.6 is 0 Å². The van der Waals surface area contributed by atoms with Crippen molar-refractivity contribution in [2.24, 2.45) is 0 Å². The van der Waals surface area contributed by atoms with E-state index in [0.717, 1.165) is 18.2 Å². The number of ether oxygens (including phenoxy) is 1. The number of halogens is 3. The van der Waals surface area contributed by atoms with Crippen LogP contribution in [0, 0.1) is 0 Å². The van der Waals surface area contributed by atoms with E-state index < -0.39 is 29.1 Å². The van der Waals surface area contributed by atoms with Gasteiger partial charge in [-0.05, 0) is 18.2 Å². The predicted molar refractivity (Wildman–Crippen MR) is 50.3 cm³/mol. The molecule has 0 amide bonds. The van der Waals surface area contributed by atoms with E-state index in [2.05, 4.69) is 4.74 Å². The maximum atomic E-state index is 12.2. The Morgan fingerprint density at radius 3 is 2.24 bits per heavy atom. The van der Waals surface area contributed by atoms with Crippen LogP contribution in [0.25, 0.3) is 0 Å². The molecule has 0 aliphatic carbocycles. The minimum Gasteiger partial charge on any atom is -0.497 e. The highest BCUT2D eigenvalue weighted by Crippen LogP contribution is 2.26. The third kappa shape index (κ3) is 2.74. The first-order valence-electron chi connectivity index (χ1n) is 4.30. The number of alkyl halides is 3. The monoisotopic (exact) mass is 248 g/mol. The van der Waals surface area contributed by atoms with E-state index in [1.165, 1.54) is 7.11 Å². The first-order valence-corrected chi connectivity index (χ1v) is 4.30. The lowest BCUT2D eigenvalue weighted by Crippen LogP contribution is -2.25. The van der Waals surface area contributed by atoms with Crippen LogP contribution in [0.2, 0.25) is 0 Å². The molecule has 92 valence electrons. The zero-order chi connectivity index (χ0) is 13.2. The number of carboxylic acid groups (broad SMARTS) is 1. The second-order valence-corrected chi connectivity index (χ2v) is 3.04. The number of carboxylic acids is 1. The zero-order valence-corrected chi connectivity index (χ0v) is 8.54. The second-order valence-electron chi connectivity index (χ2n) is 3.04. The first-order chi connectivity index (χ1) is 7.77. The van der Waals surface area contributed by atoms with Gasteiger partial charge in [0.1, 0.15) is 5.75 Å². The lowest BCUT2D eigenvalue weighted by molar-refractivity contribution is -0.0885. The smallest absolute Gasteiger partial charge is 0.454 e. The quantitative estimate of drug-likeness (QED) is 0.832. The molecule has 0 aromatic heterocycles. The number of benzene rings is 1. The van der Waals surface area contributed by atoms with E-state index >= 15 is 0 Å². The molecule has 0 saturated heterocycles. The number of ketones is 1. The van der Waals surface area contributed by atoms with Crippen LogP contribution in [0.5, 0.6) is 5.75 Å². The molecule has 0 fully saturated rings. The van der Waals surface area contributed by atoms with Gasteiger partial charge in [0.2, 0.25) is 0 Å². The molecule has 1 aromatic carbocycles. The highest BCUT2D eigenvalue weighted by molar-refractivity contribution is 6.08. The van der Waals surface area contributed by atoms with Crippen LogP contribution in [-0.2, 0) is 0 Å². The maximum Gasteiger partial charge on any atom is 0.454 e. The molecule has 4 nitrogen and oxygen atoms in total. The number of carbonyl (C=O) groups is 2. The van der Waals surface area contributed by atoms with Crippen molar-refractivity contribution >= 4 is 11.8 Å². The van der Waals surface area contributed by atoms with Crippen LogP contribution in [-0.4, -0.2) is 30.1 Å². The normalized spacial score (nSPS) is 11.1. The fourth-order valence-electron chi connectivity index (χ4n) is 1.18. The van der Waals surface area contributed by atoms with Gasteiger partial charge in [0.25, 0.3) is 5.78 Å². The molecule has 0 bridgehead atoms. The third-order valence-electron chi connectivity index (χ3n) is 1.96. The summed E-state index contributed by atoms with van der Waals surface area (Å²) in [6, 6.07) is 2.73. The minimum atomic E-state index is -5.11. The summed E-state index contributed by atoms with van der Waals surface area (Å²) in [6.07, 6.45) is -5.11. The SMILES string of the molecule is COc1ccc(C(=O)C(F)(F)F)c(C(=O)O)c1. The molecule has 0 aliphatic heterocycles. The topological polar surface area (TPSA) is 63.6 Å². The van der Waals surface area contributed by atoms with Crippen molar-refractivity contribution in [1.29, 1.82) is 0 Å². The van der Waals surface area contributed by atoms with Crippen molar-refractivity contribution < 1.29 is 32.6 Å². The van der Waals surface area contributed by atoms with Crippen molar-refractivity contribution in [3.05, 3.63) is 29.3 Å². The van der Waals surface area contributed by atoms with Gasteiger partial charge in [0.05, 0.1) is 12.7 Å². The number of rotatable bonds is 3. The highest BCUT2D eigenvalue weighted by atomic mass is 19.4. The Morgan fingerprint density at radius 1 is 1.24 bits per heavy atom. The fourth-order valence-corrected chi connectivity index (χ4v) is 1.18. The van der Waals surface area contributed by atoms with Gasteiger partial charge in [0, 0.05) is 5.56 Å². The molecule has 0 saturated carbocycles. The molecule has 7 heteroatoms. The van der Waals surface area contributed by atoms with Gasteiger partial charge >= 0.3 is 12.1 Å². The van der Waals surface area contributed by atoms with E-state index in [9.17, 15) is 22.8 Å². The van der Waals surface area contributed by atoms with Gasteiger partial charge in [-0.1, -0.05) is 0 Å². The Kier molecular flexibility index (Phi) is 3.40. The summed E-state index contributed by atoms with van der Waals surface area (Å²) in [5, 5.41) is 8.73. The van der Waals surface area contributed by atoms with E-state index in [1.807, 2.05) is 0 Å². The Morgan fingerprint density at radius 2 is 1.82 bits per heavy atom. The van der Waals surface area contributed by atoms with Crippen molar-refractivity contribution in [2.75, 3.05) is 7.11 Å². The predicted octanol–water partition coefficient (Wildman–Crippen LogP) is 2.14. The summed E-state index contributed by atoms with van der Waals surface area (Å²) in [6.45, 7) is 0. The second kappa shape index (κ2) is 4.44. The third-order valence-corrected chi connectivity index (χ3v) is 1.96. The van der Waals surface area contributed by atoms with Crippen LogP contribution < -0.4 is 4.74 Å². The molecule has 0 atom stereocenters. The zero-order valence-electron chi connectivity index (χ0n) is 8.54. The van der Waals surface area contributed by atoms with E-state index in [0.29, 0.717) is 0 Å². The number of aromatic carboxylic acids is 1. The Hall–Kier alpha value is -2.05. The fraction of sp³-hybridized carbons (Fsp3) is 0.200. The molecule has 0 radical (unpaired) electrons. The molecule has 1 rings (SSSR count). The van der Waals surface area contributed by atoms with Gasteiger partial charge in [0.15, 0.2) is 0 Å². The van der Waals surface area contributed by atoms with Crippen molar-refractivity contribution in [3.63, 3.8) is 0 Å². The van der Waals surface area contributed by atoms with Crippen LogP contribution in [0.1, 0.15) is 20.7 Å². The molecule has 1 aromatic rings. The van der Waals surface area contributed by atoms with Crippen LogP contribution in [0.15, 0.2) is 18.2 Å². The summed E-state index contributed by atoms with van der Waals surface area (Å²) in [5.41, 5.74) is -1.66. The van der Waals surface area contributed by atoms with E-state index in [4.69, 9.17) is 5.11 Å². The first kappa shape index (κ1) is 13.0. The van der Waals surface area contributed by atoms with E-state index in [1.54, 1.807) is 0 Å². The molecule has 17 heavy (non-hydrogen) atoms. The average Bonchev–Trinajstić information content (AvgIpc) is 2.25. The molecule has 0 unspecified atom stereocenters. The highest BCUT2D eigenvalue weighted by Gasteiger charge is 2.41. The number of carbonyl (C=O) groups excluding carboxylic acids is 1. The van der Waals surface area contributed by atoms with Gasteiger partial charge in [-0.25, -0.2) is 4.79 Å². The summed E-state index contributed by atoms with van der Waals surface area (Å²) >= 11 is 0. The van der Waals surface area contributed by atoms with Crippen LogP contribution in [0.4, 0.5) is 13.2 Å². The number of hydrogen-bond acceptors (Lipinski definition) is 3. The van der Waals surface area contributed by atoms with Crippen molar-refractivity contribution in [3.8, 4) is 5.75 Å². The number of methoxy groups -OCH3 is 1. The van der Waals surface area contributed by atoms with Gasteiger partial charge in [-0.3, -0.25) is 4.79 Å². The van der Waals surface area contributed by atoms with Crippen LogP contribution in [0.3, 0.4) is 0 Å². The number of hydrogen-bond donors (Lipinski definition) is 1. The molecule has 0 spiro atoms. The summed E-state index contributed by atoms with van der Waals surface area (Å²) in [4.78, 5) is 21.7. The maximum absolute atomic E-state index is 12.2. The largest absolute Gasteiger partial charge is 0.497 e. The van der Waals surface area contributed by atoms with Gasteiger partial charge < -0.3 is 9.84 Å². The Balaban J connectivity index is 3.34.